The molecule has 1 aliphatic heterocycles. The summed E-state index contributed by atoms with van der Waals surface area (Å²) < 4.78 is 0. The molecule has 0 unspecified atom stereocenters. The Morgan fingerprint density at radius 2 is 2.07 bits per heavy atom. The van der Waals surface area contributed by atoms with Gasteiger partial charge < -0.3 is 0 Å². The van der Waals surface area contributed by atoms with Gasteiger partial charge in [-0.15, -0.1) is 0 Å². The maximum Gasteiger partial charge on any atom is 0.189 e. The van der Waals surface area contributed by atoms with Gasteiger partial charge in [-0.2, -0.15) is 0 Å². The Morgan fingerprint density at radius 3 is 3.00 bits per heavy atom. The van der Waals surface area contributed by atoms with Gasteiger partial charge in [-0.1, -0.05) is 18.2 Å². The van der Waals surface area contributed by atoms with Crippen molar-refractivity contribution in [1.29, 1.82) is 0 Å². The summed E-state index contributed by atoms with van der Waals surface area (Å²) in [5.41, 5.74) is 1.84. The van der Waals surface area contributed by atoms with Crippen molar-refractivity contribution in [3.05, 3.63) is 52.2 Å². The molecular formula is C12H7NO. The molecule has 2 aliphatic rings. The van der Waals surface area contributed by atoms with Crippen molar-refractivity contribution in [2.75, 3.05) is 0 Å². The number of rotatable bonds is 0. The van der Waals surface area contributed by atoms with Crippen LogP contribution in [-0.2, 0) is 0 Å². The molecule has 0 aromatic heterocycles. The fraction of sp³-hybridized carbons (Fsp3) is 0. The minimum absolute atomic E-state index is 0.0399. The third-order valence-corrected chi connectivity index (χ3v) is 2.46. The van der Waals surface area contributed by atoms with Gasteiger partial charge in [0.2, 0.25) is 0 Å². The molecule has 0 bridgehead atoms. The molecule has 0 saturated carbocycles. The van der Waals surface area contributed by atoms with Crippen molar-refractivity contribution in [2.24, 2.45) is 4.99 Å². The maximum atomic E-state index is 11.5. The lowest BCUT2D eigenvalue weighted by Crippen LogP contribution is -2.22. The number of nitrogens with zero attached hydrogens (tertiary/aromatic N) is 1. The lowest BCUT2D eigenvalue weighted by Gasteiger charge is -2.02. The zero-order chi connectivity index (χ0) is 9.54. The summed E-state index contributed by atoms with van der Waals surface area (Å²) in [6.45, 7) is 0. The van der Waals surface area contributed by atoms with Crippen LogP contribution in [0.2, 0.25) is 0 Å². The Kier molecular flexibility index (Phi) is 1.34. The molecule has 66 valence electrons. The molecule has 3 rings (SSSR count). The highest BCUT2D eigenvalue weighted by molar-refractivity contribution is 6.05. The molecular weight excluding hydrogens is 174 g/mol. The summed E-state index contributed by atoms with van der Waals surface area (Å²) in [6, 6.07) is 3.85. The number of hydrogen-bond donors (Lipinski definition) is 0. The van der Waals surface area contributed by atoms with Crippen molar-refractivity contribution in [3.8, 4) is 0 Å². The van der Waals surface area contributed by atoms with Crippen molar-refractivity contribution < 1.29 is 4.79 Å². The molecule has 0 fully saturated rings. The number of carbonyl (C=O) groups excluding carboxylic acids is 1. The zero-order valence-electron chi connectivity index (χ0n) is 7.40. The van der Waals surface area contributed by atoms with Gasteiger partial charge in [-0.05, 0) is 22.9 Å². The van der Waals surface area contributed by atoms with E-state index in [0.717, 1.165) is 16.1 Å². The number of hydrogen-bond acceptors (Lipinski definition) is 2. The van der Waals surface area contributed by atoms with E-state index < -0.39 is 0 Å². The van der Waals surface area contributed by atoms with Crippen LogP contribution in [-0.4, -0.2) is 5.78 Å². The quantitative estimate of drug-likeness (QED) is 0.582. The summed E-state index contributed by atoms with van der Waals surface area (Å²) >= 11 is 0. The maximum absolute atomic E-state index is 11.5. The summed E-state index contributed by atoms with van der Waals surface area (Å²) in [4.78, 5) is 15.7. The number of fused-ring (bicyclic) bond motifs is 2. The van der Waals surface area contributed by atoms with E-state index in [1.54, 1.807) is 6.20 Å². The number of benzene rings is 1. The Hall–Kier alpha value is -1.96. The van der Waals surface area contributed by atoms with Gasteiger partial charge in [-0.25, -0.2) is 0 Å². The van der Waals surface area contributed by atoms with Gasteiger partial charge in [0.25, 0.3) is 0 Å². The van der Waals surface area contributed by atoms with Gasteiger partial charge in [-0.3, -0.25) is 9.79 Å². The average molecular weight is 181 g/mol. The van der Waals surface area contributed by atoms with E-state index in [1.165, 1.54) is 6.08 Å². The molecule has 2 nitrogen and oxygen atoms in total. The Bertz CT molecular complexity index is 606. The largest absolute Gasteiger partial charge is 0.289 e. The van der Waals surface area contributed by atoms with E-state index in [-0.39, 0.29) is 5.78 Å². The van der Waals surface area contributed by atoms with E-state index in [4.69, 9.17) is 0 Å². The van der Waals surface area contributed by atoms with Crippen LogP contribution < -0.4 is 10.6 Å². The molecule has 0 amide bonds. The van der Waals surface area contributed by atoms with E-state index in [1.807, 2.05) is 30.4 Å². The fourth-order valence-electron chi connectivity index (χ4n) is 1.74. The molecule has 1 aliphatic carbocycles. The van der Waals surface area contributed by atoms with E-state index in [9.17, 15) is 4.79 Å². The fourth-order valence-corrected chi connectivity index (χ4v) is 1.74. The highest BCUT2D eigenvalue weighted by Crippen LogP contribution is 2.04. The summed E-state index contributed by atoms with van der Waals surface area (Å²) in [6.07, 6.45) is 9.06. The Labute approximate surface area is 80.6 Å². The first kappa shape index (κ1) is 7.44. The first-order valence-corrected chi connectivity index (χ1v) is 4.46. The lowest BCUT2D eigenvalue weighted by molar-refractivity contribution is 0.104. The van der Waals surface area contributed by atoms with Gasteiger partial charge in [0, 0.05) is 17.8 Å². The lowest BCUT2D eigenvalue weighted by atomic mass is 10.0. The normalized spacial score (nSPS) is 15.9. The van der Waals surface area contributed by atoms with Crippen LogP contribution >= 0.6 is 0 Å². The summed E-state index contributed by atoms with van der Waals surface area (Å²) in [5, 5.41) is 1.87. The zero-order valence-corrected chi connectivity index (χ0v) is 7.40. The van der Waals surface area contributed by atoms with Crippen molar-refractivity contribution >= 4 is 17.9 Å². The van der Waals surface area contributed by atoms with Crippen LogP contribution in [0, 0.1) is 0 Å². The molecule has 0 saturated heterocycles. The first-order chi connectivity index (χ1) is 6.84. The van der Waals surface area contributed by atoms with Crippen LogP contribution in [0.4, 0.5) is 0 Å². The Morgan fingerprint density at radius 1 is 1.14 bits per heavy atom. The topological polar surface area (TPSA) is 29.4 Å². The minimum Gasteiger partial charge on any atom is -0.289 e. The van der Waals surface area contributed by atoms with Crippen LogP contribution in [0.25, 0.3) is 12.2 Å². The van der Waals surface area contributed by atoms with Gasteiger partial charge in [0.05, 0.1) is 5.36 Å². The number of ketones is 1. The second-order valence-electron chi connectivity index (χ2n) is 3.33. The highest BCUT2D eigenvalue weighted by Gasteiger charge is 2.10. The number of carbonyl (C=O) groups is 1. The molecule has 0 atom stereocenters. The second-order valence-corrected chi connectivity index (χ2v) is 3.33. The van der Waals surface area contributed by atoms with Gasteiger partial charge >= 0.3 is 0 Å². The van der Waals surface area contributed by atoms with E-state index in [2.05, 4.69) is 4.99 Å². The third-order valence-electron chi connectivity index (χ3n) is 2.46. The van der Waals surface area contributed by atoms with Gasteiger partial charge in [0.15, 0.2) is 5.78 Å². The molecule has 1 aromatic rings. The van der Waals surface area contributed by atoms with Crippen LogP contribution in [0.5, 0.6) is 0 Å². The standard InChI is InChI=1S/C12H7NO/c14-12-4-5-13-11-7-9-3-1-2-8(9)6-10(11)12/h1-7H. The smallest absolute Gasteiger partial charge is 0.189 e. The average Bonchev–Trinajstić information content (AvgIpc) is 2.62. The Balaban J connectivity index is 2.45. The van der Waals surface area contributed by atoms with E-state index in [0.29, 0.717) is 5.56 Å². The predicted octanol–water partition coefficient (Wildman–Crippen LogP) is 0.824. The monoisotopic (exact) mass is 181 g/mol. The van der Waals surface area contributed by atoms with Crippen molar-refractivity contribution in [1.82, 2.24) is 0 Å². The van der Waals surface area contributed by atoms with Crippen LogP contribution in [0.15, 0.2) is 35.5 Å². The molecule has 0 N–H and O–H groups in total. The number of allylic oxidation sites excluding steroid dienone is 2. The molecule has 1 aromatic carbocycles. The summed E-state index contributed by atoms with van der Waals surface area (Å²) in [5.74, 6) is 0.0399. The molecule has 14 heavy (non-hydrogen) atoms. The molecule has 0 radical (unpaired) electrons. The first-order valence-electron chi connectivity index (χ1n) is 4.46. The second kappa shape index (κ2) is 2.51. The van der Waals surface area contributed by atoms with Crippen LogP contribution in [0.1, 0.15) is 15.9 Å². The van der Waals surface area contributed by atoms with Crippen molar-refractivity contribution in [2.45, 2.75) is 0 Å². The minimum atomic E-state index is 0.0399. The molecule has 0 spiro atoms. The molecule has 1 heterocycles. The predicted molar refractivity (Wildman–Crippen MR) is 54.2 cm³/mol. The van der Waals surface area contributed by atoms with Crippen LogP contribution in [0.3, 0.4) is 0 Å². The SMILES string of the molecule is O=C1C=CN=c2cc3c(cc21)=CC=C3. The third kappa shape index (κ3) is 0.909. The van der Waals surface area contributed by atoms with Crippen molar-refractivity contribution in [3.63, 3.8) is 0 Å². The molecule has 2 heteroatoms. The summed E-state index contributed by atoms with van der Waals surface area (Å²) in [7, 11) is 0. The van der Waals surface area contributed by atoms with Gasteiger partial charge in [0.1, 0.15) is 0 Å². The van der Waals surface area contributed by atoms with E-state index >= 15 is 0 Å². The highest BCUT2D eigenvalue weighted by atomic mass is 16.1.